The summed E-state index contributed by atoms with van der Waals surface area (Å²) in [4.78, 5) is 37.0. The summed E-state index contributed by atoms with van der Waals surface area (Å²) in [7, 11) is -1.96. The van der Waals surface area contributed by atoms with Gasteiger partial charge in [0.15, 0.2) is 0 Å². The fraction of sp³-hybridized carbons (Fsp3) is 0.667. The van der Waals surface area contributed by atoms with Crippen molar-refractivity contribution in [3.05, 3.63) is 35.9 Å². The molecule has 0 heterocycles. The Morgan fingerprint density at radius 2 is 1.85 bits per heavy atom. The maximum atomic E-state index is 12.8. The van der Waals surface area contributed by atoms with E-state index in [1.54, 1.807) is 6.92 Å². The van der Waals surface area contributed by atoms with Crippen molar-refractivity contribution in [1.29, 1.82) is 0 Å². The summed E-state index contributed by atoms with van der Waals surface area (Å²) in [5, 5.41) is 13.1. The molecule has 0 radical (unpaired) electrons. The highest BCUT2D eigenvalue weighted by Gasteiger charge is 2.30. The molecule has 1 saturated carbocycles. The number of likely N-dealkylation sites (N-methyl/N-ethyl adjacent to an activating group) is 1. The first-order chi connectivity index (χ1) is 15.6. The molecule has 1 aliphatic rings. The molecule has 1 aromatic rings. The molecule has 4 unspecified atom stereocenters. The van der Waals surface area contributed by atoms with Crippen LogP contribution in [0, 0.1) is 5.92 Å². The molecular weight excluding hydrogens is 441 g/mol. The highest BCUT2D eigenvalue weighted by molar-refractivity contribution is 7.58. The number of nitrogens with one attached hydrogen (secondary N) is 1. The SMILES string of the molecule is CCC(NC(=O)C(N)Cc1ccccc1)C(=O)N(C)CC(O)CP(=O)(O)CC1CCCCC1. The van der Waals surface area contributed by atoms with Gasteiger partial charge in [0.2, 0.25) is 19.2 Å². The highest BCUT2D eigenvalue weighted by atomic mass is 31.2. The van der Waals surface area contributed by atoms with Crippen molar-refractivity contribution in [3.63, 3.8) is 0 Å². The molecule has 9 heteroatoms. The van der Waals surface area contributed by atoms with Crippen LogP contribution in [0.4, 0.5) is 0 Å². The molecule has 0 bridgehead atoms. The Balaban J connectivity index is 1.83. The van der Waals surface area contributed by atoms with E-state index in [-0.39, 0.29) is 30.7 Å². The lowest BCUT2D eigenvalue weighted by molar-refractivity contribution is -0.136. The molecule has 186 valence electrons. The van der Waals surface area contributed by atoms with Gasteiger partial charge in [-0.1, -0.05) is 56.5 Å². The minimum atomic E-state index is -3.48. The monoisotopic (exact) mass is 481 g/mol. The molecule has 8 nitrogen and oxygen atoms in total. The quantitative estimate of drug-likeness (QED) is 0.338. The Morgan fingerprint density at radius 3 is 2.45 bits per heavy atom. The van der Waals surface area contributed by atoms with Crippen LogP contribution < -0.4 is 11.1 Å². The van der Waals surface area contributed by atoms with Crippen molar-refractivity contribution in [1.82, 2.24) is 10.2 Å². The van der Waals surface area contributed by atoms with E-state index in [0.717, 1.165) is 31.2 Å². The van der Waals surface area contributed by atoms with Gasteiger partial charge in [0.1, 0.15) is 6.04 Å². The zero-order valence-corrected chi connectivity index (χ0v) is 20.8. The van der Waals surface area contributed by atoms with Gasteiger partial charge >= 0.3 is 0 Å². The number of carbonyl (C=O) groups is 2. The Kier molecular flexibility index (Phi) is 11.0. The van der Waals surface area contributed by atoms with E-state index in [1.165, 1.54) is 18.4 Å². The third-order valence-corrected chi connectivity index (χ3v) is 8.36. The third-order valence-electron chi connectivity index (χ3n) is 6.28. The number of amides is 2. The summed E-state index contributed by atoms with van der Waals surface area (Å²) >= 11 is 0. The predicted molar refractivity (Wildman–Crippen MR) is 130 cm³/mol. The predicted octanol–water partition coefficient (Wildman–Crippen LogP) is 2.12. The first kappa shape index (κ1) is 27.5. The molecule has 0 spiro atoms. The van der Waals surface area contributed by atoms with Crippen molar-refractivity contribution in [2.75, 3.05) is 25.9 Å². The Bertz CT molecular complexity index is 801. The van der Waals surface area contributed by atoms with Gasteiger partial charge in [-0.15, -0.1) is 0 Å². The van der Waals surface area contributed by atoms with Crippen molar-refractivity contribution >= 4 is 19.2 Å². The zero-order chi connectivity index (χ0) is 24.4. The van der Waals surface area contributed by atoms with E-state index >= 15 is 0 Å². The average Bonchev–Trinajstić information content (AvgIpc) is 2.77. The number of hydrogen-bond donors (Lipinski definition) is 4. The normalized spacial score (nSPS) is 19.2. The van der Waals surface area contributed by atoms with Gasteiger partial charge in [0, 0.05) is 19.8 Å². The maximum Gasteiger partial charge on any atom is 0.244 e. The smallest absolute Gasteiger partial charge is 0.244 e. The zero-order valence-electron chi connectivity index (χ0n) is 19.9. The molecule has 0 saturated heterocycles. The first-order valence-corrected chi connectivity index (χ1v) is 14.0. The second-order valence-corrected chi connectivity index (χ2v) is 11.8. The van der Waals surface area contributed by atoms with Crippen LogP contribution in [0.25, 0.3) is 0 Å². The second-order valence-electron chi connectivity index (χ2n) is 9.35. The number of benzene rings is 1. The lowest BCUT2D eigenvalue weighted by atomic mass is 9.91. The molecule has 1 fully saturated rings. The standard InChI is InChI=1S/C24H40N3O5P/c1-3-22(26-23(29)21(25)14-18-10-6-4-7-11-18)24(30)27(2)15-20(28)17-33(31,32)16-19-12-8-5-9-13-19/h4,6-7,10-11,19-22,28H,3,5,8-9,12-17,25H2,1-2H3,(H,26,29)(H,31,32). The molecular formula is C24H40N3O5P. The Labute approximate surface area is 197 Å². The fourth-order valence-electron chi connectivity index (χ4n) is 4.48. The van der Waals surface area contributed by atoms with Crippen LogP contribution in [0.15, 0.2) is 30.3 Å². The van der Waals surface area contributed by atoms with E-state index in [1.807, 2.05) is 30.3 Å². The number of hydrogen-bond acceptors (Lipinski definition) is 5. The second kappa shape index (κ2) is 13.2. The molecule has 33 heavy (non-hydrogen) atoms. The van der Waals surface area contributed by atoms with E-state index < -0.39 is 31.5 Å². The molecule has 0 aliphatic heterocycles. The van der Waals surface area contributed by atoms with E-state index in [0.29, 0.717) is 12.8 Å². The van der Waals surface area contributed by atoms with Crippen LogP contribution in [0.5, 0.6) is 0 Å². The van der Waals surface area contributed by atoms with Gasteiger partial charge in [-0.2, -0.15) is 0 Å². The number of aliphatic hydroxyl groups is 1. The van der Waals surface area contributed by atoms with Crippen molar-refractivity contribution in [2.45, 2.75) is 70.1 Å². The van der Waals surface area contributed by atoms with Gasteiger partial charge in [-0.3, -0.25) is 14.2 Å². The number of carbonyl (C=O) groups excluding carboxylic acids is 2. The molecule has 1 aliphatic carbocycles. The third kappa shape index (κ3) is 9.57. The Morgan fingerprint density at radius 1 is 1.21 bits per heavy atom. The topological polar surface area (TPSA) is 133 Å². The minimum absolute atomic E-state index is 0.0729. The van der Waals surface area contributed by atoms with E-state index in [2.05, 4.69) is 5.32 Å². The lowest BCUT2D eigenvalue weighted by Gasteiger charge is -2.28. The lowest BCUT2D eigenvalue weighted by Crippen LogP contribution is -2.53. The summed E-state index contributed by atoms with van der Waals surface area (Å²) < 4.78 is 12.6. The van der Waals surface area contributed by atoms with E-state index in [4.69, 9.17) is 5.73 Å². The number of nitrogens with zero attached hydrogens (tertiary/aromatic N) is 1. The van der Waals surface area contributed by atoms with Crippen LogP contribution in [0.2, 0.25) is 0 Å². The molecule has 0 aromatic heterocycles. The number of nitrogens with two attached hydrogens (primary N) is 1. The summed E-state index contributed by atoms with van der Waals surface area (Å²) in [6.45, 7) is 1.71. The van der Waals surface area contributed by atoms with Crippen LogP contribution in [-0.2, 0) is 20.6 Å². The summed E-state index contributed by atoms with van der Waals surface area (Å²) in [5.41, 5.74) is 6.95. The Hall–Kier alpha value is -1.73. The van der Waals surface area contributed by atoms with Crippen LogP contribution in [-0.4, -0.2) is 70.8 Å². The molecule has 2 amide bonds. The van der Waals surface area contributed by atoms with Gasteiger partial charge in [0.25, 0.3) is 0 Å². The van der Waals surface area contributed by atoms with Crippen molar-refractivity contribution in [3.8, 4) is 0 Å². The first-order valence-electron chi connectivity index (χ1n) is 11.9. The minimum Gasteiger partial charge on any atom is -0.391 e. The highest BCUT2D eigenvalue weighted by Crippen LogP contribution is 2.46. The van der Waals surface area contributed by atoms with Crippen LogP contribution in [0.1, 0.15) is 51.0 Å². The van der Waals surface area contributed by atoms with Crippen LogP contribution in [0.3, 0.4) is 0 Å². The molecule has 2 rings (SSSR count). The molecule has 1 aromatic carbocycles. The van der Waals surface area contributed by atoms with Crippen LogP contribution >= 0.6 is 7.37 Å². The molecule has 5 N–H and O–H groups in total. The van der Waals surface area contributed by atoms with Crippen molar-refractivity contribution in [2.24, 2.45) is 11.7 Å². The summed E-state index contributed by atoms with van der Waals surface area (Å²) in [6.07, 6.45) is 4.89. The largest absolute Gasteiger partial charge is 0.391 e. The van der Waals surface area contributed by atoms with Gasteiger partial charge < -0.3 is 26.0 Å². The average molecular weight is 482 g/mol. The van der Waals surface area contributed by atoms with Gasteiger partial charge in [0.05, 0.1) is 18.3 Å². The van der Waals surface area contributed by atoms with E-state index in [9.17, 15) is 24.2 Å². The summed E-state index contributed by atoms with van der Waals surface area (Å²) in [6, 6.07) is 7.84. The summed E-state index contributed by atoms with van der Waals surface area (Å²) in [5.74, 6) is -0.543. The number of aliphatic hydroxyl groups excluding tert-OH is 1. The maximum absolute atomic E-state index is 12.8. The van der Waals surface area contributed by atoms with Gasteiger partial charge in [-0.05, 0) is 37.2 Å². The number of rotatable bonds is 12. The molecule has 4 atom stereocenters. The van der Waals surface area contributed by atoms with Gasteiger partial charge in [-0.25, -0.2) is 0 Å². The van der Waals surface area contributed by atoms with Crippen molar-refractivity contribution < 1.29 is 24.2 Å². The fourth-order valence-corrected chi connectivity index (χ4v) is 6.58.